The molecule has 2 aromatic carbocycles. The number of hydrogen-bond acceptors (Lipinski definition) is 4. The van der Waals surface area contributed by atoms with Crippen molar-refractivity contribution in [3.63, 3.8) is 0 Å². The molecule has 0 aromatic heterocycles. The molecule has 0 saturated heterocycles. The maximum atomic E-state index is 12.5. The summed E-state index contributed by atoms with van der Waals surface area (Å²) in [6.45, 7) is 0. The highest BCUT2D eigenvalue weighted by atomic mass is 35.5. The van der Waals surface area contributed by atoms with E-state index in [1.165, 1.54) is 12.1 Å². The average Bonchev–Trinajstić information content (AvgIpc) is 2.79. The highest BCUT2D eigenvalue weighted by molar-refractivity contribution is 6.39. The van der Waals surface area contributed by atoms with Gasteiger partial charge in [0.25, 0.3) is 5.91 Å². The zero-order chi connectivity index (χ0) is 24.0. The first kappa shape index (κ1) is 25.0. The molecule has 0 bridgehead atoms. The minimum atomic E-state index is -1.17. The molecule has 0 spiro atoms. The van der Waals surface area contributed by atoms with Gasteiger partial charge in [0.05, 0.1) is 21.2 Å². The van der Waals surface area contributed by atoms with E-state index in [0.29, 0.717) is 25.7 Å². The van der Waals surface area contributed by atoms with E-state index in [-0.39, 0.29) is 27.8 Å². The standard InChI is InChI=1S/C25H25Cl2NO5/c1-33-25(14-12-18(29)13-15-25)17-10-8-16(9-11-17)4-2-7-21(24(31)32)28-23(30)22-19(26)5-3-6-20(22)27/h2-6,8-11,21H,7,12-15H2,1H3,(H,28,30)(H,31,32)/b4-2+. The van der Waals surface area contributed by atoms with Crippen molar-refractivity contribution in [2.24, 2.45) is 0 Å². The highest BCUT2D eigenvalue weighted by Gasteiger charge is 2.36. The van der Waals surface area contributed by atoms with Gasteiger partial charge in [-0.2, -0.15) is 0 Å². The van der Waals surface area contributed by atoms with Crippen LogP contribution in [0, 0.1) is 0 Å². The van der Waals surface area contributed by atoms with Crippen LogP contribution in [0.3, 0.4) is 0 Å². The lowest BCUT2D eigenvalue weighted by atomic mass is 9.79. The summed E-state index contributed by atoms with van der Waals surface area (Å²) >= 11 is 12.1. The molecule has 1 aliphatic carbocycles. The fraction of sp³-hybridized carbons (Fsp3) is 0.320. The molecule has 2 aromatic rings. The zero-order valence-electron chi connectivity index (χ0n) is 18.1. The Kier molecular flexibility index (Phi) is 8.30. The molecule has 3 rings (SSSR count). The average molecular weight is 490 g/mol. The topological polar surface area (TPSA) is 92.7 Å². The third-order valence-electron chi connectivity index (χ3n) is 5.92. The number of nitrogens with one attached hydrogen (secondary N) is 1. The predicted octanol–water partition coefficient (Wildman–Crippen LogP) is 5.26. The summed E-state index contributed by atoms with van der Waals surface area (Å²) in [7, 11) is 1.67. The Hall–Kier alpha value is -2.67. The van der Waals surface area contributed by atoms with Gasteiger partial charge >= 0.3 is 5.97 Å². The van der Waals surface area contributed by atoms with E-state index in [1.807, 2.05) is 24.3 Å². The van der Waals surface area contributed by atoms with Crippen LogP contribution < -0.4 is 5.32 Å². The van der Waals surface area contributed by atoms with E-state index in [9.17, 15) is 19.5 Å². The third kappa shape index (κ3) is 6.02. The number of carboxylic acids is 1. The van der Waals surface area contributed by atoms with E-state index < -0.39 is 23.5 Å². The van der Waals surface area contributed by atoms with Gasteiger partial charge in [0, 0.05) is 20.0 Å². The maximum Gasteiger partial charge on any atom is 0.326 e. The highest BCUT2D eigenvalue weighted by Crippen LogP contribution is 2.39. The number of carbonyl (C=O) groups excluding carboxylic acids is 2. The number of carbonyl (C=O) groups is 3. The summed E-state index contributed by atoms with van der Waals surface area (Å²) in [6.07, 6.45) is 5.90. The van der Waals surface area contributed by atoms with Crippen molar-refractivity contribution in [2.75, 3.05) is 7.11 Å². The molecule has 2 N–H and O–H groups in total. The minimum Gasteiger partial charge on any atom is -0.480 e. The third-order valence-corrected chi connectivity index (χ3v) is 6.55. The molecule has 1 amide bonds. The predicted molar refractivity (Wildman–Crippen MR) is 128 cm³/mol. The van der Waals surface area contributed by atoms with Crippen LogP contribution in [-0.4, -0.2) is 35.9 Å². The number of aliphatic carboxylic acids is 1. The Morgan fingerprint density at radius 1 is 1.12 bits per heavy atom. The van der Waals surface area contributed by atoms with E-state index in [4.69, 9.17) is 27.9 Å². The molecule has 1 atom stereocenters. The molecular weight excluding hydrogens is 465 g/mol. The molecule has 1 saturated carbocycles. The second-order valence-electron chi connectivity index (χ2n) is 7.96. The van der Waals surface area contributed by atoms with Gasteiger partial charge in [-0.25, -0.2) is 4.79 Å². The van der Waals surface area contributed by atoms with E-state index in [2.05, 4.69) is 5.32 Å². The van der Waals surface area contributed by atoms with E-state index >= 15 is 0 Å². The number of hydrogen-bond donors (Lipinski definition) is 2. The molecule has 8 heteroatoms. The summed E-state index contributed by atoms with van der Waals surface area (Å²) in [5.74, 6) is -1.55. The van der Waals surface area contributed by atoms with Crippen LogP contribution in [0.15, 0.2) is 48.5 Å². The molecule has 1 fully saturated rings. The number of halogens is 2. The molecule has 174 valence electrons. The van der Waals surface area contributed by atoms with Crippen molar-refractivity contribution < 1.29 is 24.2 Å². The van der Waals surface area contributed by atoms with E-state index in [0.717, 1.165) is 11.1 Å². The number of carboxylic acid groups (broad SMARTS) is 1. The summed E-state index contributed by atoms with van der Waals surface area (Å²) in [5.41, 5.74) is 1.49. The Bertz CT molecular complexity index is 1030. The lowest BCUT2D eigenvalue weighted by Crippen LogP contribution is -2.40. The first-order valence-electron chi connectivity index (χ1n) is 10.6. The van der Waals surface area contributed by atoms with Gasteiger partial charge < -0.3 is 15.2 Å². The Balaban J connectivity index is 1.65. The molecule has 1 aliphatic rings. The Morgan fingerprint density at radius 3 is 2.27 bits per heavy atom. The molecule has 1 unspecified atom stereocenters. The zero-order valence-corrected chi connectivity index (χ0v) is 19.7. The second-order valence-corrected chi connectivity index (χ2v) is 8.77. The van der Waals surface area contributed by atoms with Gasteiger partial charge in [-0.05, 0) is 42.5 Å². The minimum absolute atomic E-state index is 0.0446. The van der Waals surface area contributed by atoms with Gasteiger partial charge in [0.15, 0.2) is 0 Å². The number of Topliss-reactive ketones (excluding diaryl/α,β-unsaturated/α-hetero) is 1. The smallest absolute Gasteiger partial charge is 0.326 e. The van der Waals surface area contributed by atoms with Gasteiger partial charge in [0.2, 0.25) is 0 Å². The van der Waals surface area contributed by atoms with E-state index in [1.54, 1.807) is 25.3 Å². The molecule has 0 heterocycles. The summed E-state index contributed by atoms with van der Waals surface area (Å²) in [6, 6.07) is 11.3. The largest absolute Gasteiger partial charge is 0.480 e. The van der Waals surface area contributed by atoms with Crippen molar-refractivity contribution in [1.82, 2.24) is 5.32 Å². The van der Waals surface area contributed by atoms with Gasteiger partial charge in [-0.1, -0.05) is 65.7 Å². The number of amides is 1. The number of ether oxygens (including phenoxy) is 1. The molecule has 6 nitrogen and oxygen atoms in total. The quantitative estimate of drug-likeness (QED) is 0.527. The van der Waals surface area contributed by atoms with Gasteiger partial charge in [0.1, 0.15) is 11.8 Å². The van der Waals surface area contributed by atoms with Crippen molar-refractivity contribution in [3.8, 4) is 0 Å². The lowest BCUT2D eigenvalue weighted by Gasteiger charge is -2.36. The monoisotopic (exact) mass is 489 g/mol. The van der Waals surface area contributed by atoms with Crippen LogP contribution in [0.25, 0.3) is 6.08 Å². The normalized spacial score (nSPS) is 16.5. The SMILES string of the molecule is COC1(c2ccc(/C=C/CC(NC(=O)c3c(Cl)cccc3Cl)C(=O)O)cc2)CCC(=O)CC1. The van der Waals surface area contributed by atoms with Gasteiger partial charge in [-0.15, -0.1) is 0 Å². The molecule has 33 heavy (non-hydrogen) atoms. The van der Waals surface area contributed by atoms with Crippen molar-refractivity contribution in [2.45, 2.75) is 43.7 Å². The fourth-order valence-electron chi connectivity index (χ4n) is 3.95. The molecule has 0 radical (unpaired) electrons. The summed E-state index contributed by atoms with van der Waals surface area (Å²) in [5, 5.41) is 12.3. The second kappa shape index (κ2) is 11.0. The van der Waals surface area contributed by atoms with Crippen molar-refractivity contribution in [1.29, 1.82) is 0 Å². The van der Waals surface area contributed by atoms with Crippen molar-refractivity contribution in [3.05, 3.63) is 75.3 Å². The molecule has 0 aliphatic heterocycles. The Morgan fingerprint density at radius 2 is 1.73 bits per heavy atom. The molecular formula is C25H25Cl2NO5. The number of methoxy groups -OCH3 is 1. The van der Waals surface area contributed by atoms with Crippen LogP contribution in [0.1, 0.15) is 53.6 Å². The van der Waals surface area contributed by atoms with Crippen LogP contribution in [0.4, 0.5) is 0 Å². The number of ketones is 1. The number of rotatable bonds is 8. The van der Waals surface area contributed by atoms with Crippen LogP contribution >= 0.6 is 23.2 Å². The first-order chi connectivity index (χ1) is 15.8. The van der Waals surface area contributed by atoms with Crippen LogP contribution in [0.2, 0.25) is 10.0 Å². The maximum absolute atomic E-state index is 12.5. The van der Waals surface area contributed by atoms with Crippen LogP contribution in [-0.2, 0) is 19.9 Å². The van der Waals surface area contributed by atoms with Crippen molar-refractivity contribution >= 4 is 46.9 Å². The summed E-state index contributed by atoms with van der Waals surface area (Å²) < 4.78 is 5.79. The van der Waals surface area contributed by atoms with Crippen LogP contribution in [0.5, 0.6) is 0 Å². The Labute approximate surface area is 202 Å². The fourth-order valence-corrected chi connectivity index (χ4v) is 4.52. The number of benzene rings is 2. The summed E-state index contributed by atoms with van der Waals surface area (Å²) in [4.78, 5) is 35.7. The first-order valence-corrected chi connectivity index (χ1v) is 11.3. The van der Waals surface area contributed by atoms with Gasteiger partial charge in [-0.3, -0.25) is 9.59 Å². The lowest BCUT2D eigenvalue weighted by molar-refractivity contribution is -0.139.